The van der Waals surface area contributed by atoms with Crippen molar-refractivity contribution in [2.75, 3.05) is 12.4 Å². The van der Waals surface area contributed by atoms with Gasteiger partial charge in [-0.3, -0.25) is 4.79 Å². The van der Waals surface area contributed by atoms with Crippen LogP contribution in [0.4, 0.5) is 0 Å². The highest BCUT2D eigenvalue weighted by Gasteiger charge is 2.40. The van der Waals surface area contributed by atoms with Crippen molar-refractivity contribution in [2.24, 2.45) is 11.7 Å². The largest absolute Gasteiger partial charge is 0.466 e. The van der Waals surface area contributed by atoms with E-state index in [9.17, 15) is 13.2 Å². The highest BCUT2D eigenvalue weighted by molar-refractivity contribution is 7.89. The van der Waals surface area contributed by atoms with Crippen molar-refractivity contribution in [1.82, 2.24) is 4.72 Å². The molecule has 1 aliphatic rings. The Morgan fingerprint density at radius 2 is 2.00 bits per heavy atom. The van der Waals surface area contributed by atoms with E-state index in [2.05, 4.69) is 11.6 Å². The van der Waals surface area contributed by atoms with E-state index >= 15 is 0 Å². The van der Waals surface area contributed by atoms with Crippen molar-refractivity contribution in [3.8, 4) is 0 Å². The minimum Gasteiger partial charge on any atom is -0.466 e. The van der Waals surface area contributed by atoms with Gasteiger partial charge in [-0.2, -0.15) is 0 Å². The van der Waals surface area contributed by atoms with Crippen LogP contribution in [0, 0.1) is 5.92 Å². The van der Waals surface area contributed by atoms with Crippen molar-refractivity contribution >= 4 is 33.2 Å². The Balaban J connectivity index is 2.70. The van der Waals surface area contributed by atoms with Crippen LogP contribution in [0.5, 0.6) is 0 Å². The molecule has 0 radical (unpaired) electrons. The fourth-order valence-electron chi connectivity index (χ4n) is 2.45. The number of nitrogens with one attached hydrogen (secondary N) is 1. The molecule has 0 aromatic rings. The second-order valence-corrected chi connectivity index (χ2v) is 7.89. The minimum absolute atomic E-state index is 0.174. The molecule has 0 atom stereocenters. The van der Waals surface area contributed by atoms with E-state index in [0.717, 1.165) is 12.8 Å². The Labute approximate surface area is 131 Å². The van der Waals surface area contributed by atoms with Crippen LogP contribution in [0.1, 0.15) is 46.0 Å². The van der Waals surface area contributed by atoms with Crippen molar-refractivity contribution in [3.05, 3.63) is 0 Å². The number of carbonyl (C=O) groups is 1. The van der Waals surface area contributed by atoms with Gasteiger partial charge in [-0.25, -0.2) is 13.1 Å². The minimum atomic E-state index is -3.63. The van der Waals surface area contributed by atoms with E-state index < -0.39 is 21.5 Å². The second-order valence-electron chi connectivity index (χ2n) is 5.60. The van der Waals surface area contributed by atoms with Gasteiger partial charge >= 0.3 is 5.97 Å². The number of hydrogen-bond donors (Lipinski definition) is 2. The molecular formula is C13H24N2O4S2. The SMILES string of the molecule is CCOC(=O)CCS(=O)(=O)NC1(C(N)=S)CCC(C)CC1. The third kappa shape index (κ3) is 5.52. The number of carbonyl (C=O) groups excluding carboxylic acids is 1. The molecule has 0 bridgehead atoms. The quantitative estimate of drug-likeness (QED) is 0.533. The molecule has 0 unspecified atom stereocenters. The van der Waals surface area contributed by atoms with Crippen LogP contribution in [0.2, 0.25) is 0 Å². The van der Waals surface area contributed by atoms with Gasteiger partial charge < -0.3 is 10.5 Å². The molecule has 0 amide bonds. The fraction of sp³-hybridized carbons (Fsp3) is 0.846. The van der Waals surface area contributed by atoms with Gasteiger partial charge in [0.25, 0.3) is 0 Å². The maximum Gasteiger partial charge on any atom is 0.306 e. The molecule has 0 aliphatic heterocycles. The van der Waals surface area contributed by atoms with Crippen LogP contribution in [0.3, 0.4) is 0 Å². The van der Waals surface area contributed by atoms with Gasteiger partial charge in [-0.05, 0) is 38.5 Å². The summed E-state index contributed by atoms with van der Waals surface area (Å²) in [4.78, 5) is 11.4. The summed E-state index contributed by atoms with van der Waals surface area (Å²) in [7, 11) is -3.63. The molecule has 1 rings (SSSR count). The zero-order chi connectivity index (χ0) is 16.1. The number of thiocarbonyl (C=S) groups is 1. The molecule has 0 heterocycles. The van der Waals surface area contributed by atoms with Crippen LogP contribution >= 0.6 is 12.2 Å². The lowest BCUT2D eigenvalue weighted by molar-refractivity contribution is -0.142. The summed E-state index contributed by atoms with van der Waals surface area (Å²) < 4.78 is 31.7. The van der Waals surface area contributed by atoms with Crippen LogP contribution in [0.25, 0.3) is 0 Å². The molecule has 0 saturated heterocycles. The van der Waals surface area contributed by atoms with E-state index in [-0.39, 0.29) is 23.8 Å². The second kappa shape index (κ2) is 7.51. The molecule has 1 aliphatic carbocycles. The number of ether oxygens (including phenoxy) is 1. The predicted molar refractivity (Wildman–Crippen MR) is 85.3 cm³/mol. The number of sulfonamides is 1. The van der Waals surface area contributed by atoms with Gasteiger partial charge in [0.1, 0.15) is 0 Å². The molecule has 6 nitrogen and oxygen atoms in total. The lowest BCUT2D eigenvalue weighted by Gasteiger charge is -2.38. The average Bonchev–Trinajstić information content (AvgIpc) is 2.39. The number of hydrogen-bond acceptors (Lipinski definition) is 5. The van der Waals surface area contributed by atoms with Gasteiger partial charge in [-0.1, -0.05) is 19.1 Å². The van der Waals surface area contributed by atoms with Crippen molar-refractivity contribution in [2.45, 2.75) is 51.5 Å². The van der Waals surface area contributed by atoms with Gasteiger partial charge in [0.2, 0.25) is 10.0 Å². The summed E-state index contributed by atoms with van der Waals surface area (Å²) in [6.07, 6.45) is 2.77. The molecule has 1 saturated carbocycles. The maximum atomic E-state index is 12.2. The van der Waals surface area contributed by atoms with E-state index in [1.165, 1.54) is 0 Å². The number of rotatable bonds is 7. The molecule has 0 aromatic heterocycles. The first-order valence-electron chi connectivity index (χ1n) is 7.18. The average molecular weight is 336 g/mol. The highest BCUT2D eigenvalue weighted by atomic mass is 32.2. The summed E-state index contributed by atoms with van der Waals surface area (Å²) in [6, 6.07) is 0. The monoisotopic (exact) mass is 336 g/mol. The summed E-state index contributed by atoms with van der Waals surface area (Å²) >= 11 is 5.07. The molecule has 0 aromatic carbocycles. The van der Waals surface area contributed by atoms with E-state index in [1.54, 1.807) is 6.92 Å². The molecule has 21 heavy (non-hydrogen) atoms. The summed E-state index contributed by atoms with van der Waals surface area (Å²) in [5.41, 5.74) is 4.92. The van der Waals surface area contributed by atoms with Crippen molar-refractivity contribution < 1.29 is 17.9 Å². The molecule has 3 N–H and O–H groups in total. The van der Waals surface area contributed by atoms with Crippen LogP contribution in [-0.4, -0.2) is 37.3 Å². The third-order valence-corrected chi connectivity index (χ3v) is 5.66. The molecule has 8 heteroatoms. The highest BCUT2D eigenvalue weighted by Crippen LogP contribution is 2.32. The Hall–Kier alpha value is -0.730. The molecular weight excluding hydrogens is 312 g/mol. The summed E-state index contributed by atoms with van der Waals surface area (Å²) in [5, 5.41) is 0. The Kier molecular flexibility index (Phi) is 6.55. The van der Waals surface area contributed by atoms with E-state index in [4.69, 9.17) is 22.7 Å². The first-order chi connectivity index (χ1) is 9.71. The van der Waals surface area contributed by atoms with Crippen molar-refractivity contribution in [3.63, 3.8) is 0 Å². The topological polar surface area (TPSA) is 98.5 Å². The van der Waals surface area contributed by atoms with Gasteiger partial charge in [-0.15, -0.1) is 0 Å². The lowest BCUT2D eigenvalue weighted by Crippen LogP contribution is -2.58. The Morgan fingerprint density at radius 3 is 2.48 bits per heavy atom. The summed E-state index contributed by atoms with van der Waals surface area (Å²) in [5.74, 6) is -0.299. The maximum absolute atomic E-state index is 12.2. The normalized spacial score (nSPS) is 26.3. The van der Waals surface area contributed by atoms with Gasteiger partial charge in [0, 0.05) is 0 Å². The third-order valence-electron chi connectivity index (χ3n) is 3.83. The summed E-state index contributed by atoms with van der Waals surface area (Å²) in [6.45, 7) is 4.04. The molecule has 1 fully saturated rings. The smallest absolute Gasteiger partial charge is 0.306 e. The number of nitrogens with two attached hydrogens (primary N) is 1. The lowest BCUT2D eigenvalue weighted by atomic mass is 9.78. The molecule has 122 valence electrons. The van der Waals surface area contributed by atoms with E-state index in [1.807, 2.05) is 0 Å². The van der Waals surface area contributed by atoms with E-state index in [0.29, 0.717) is 18.8 Å². The Morgan fingerprint density at radius 1 is 1.43 bits per heavy atom. The first-order valence-corrected chi connectivity index (χ1v) is 9.24. The van der Waals surface area contributed by atoms with Crippen LogP contribution in [0.15, 0.2) is 0 Å². The first kappa shape index (κ1) is 18.3. The van der Waals surface area contributed by atoms with Gasteiger partial charge in [0.15, 0.2) is 0 Å². The van der Waals surface area contributed by atoms with Crippen molar-refractivity contribution in [1.29, 1.82) is 0 Å². The van der Waals surface area contributed by atoms with Crippen LogP contribution < -0.4 is 10.5 Å². The van der Waals surface area contributed by atoms with Gasteiger partial charge in [0.05, 0.1) is 29.3 Å². The Bertz CT molecular complexity index is 482. The predicted octanol–water partition coefficient (Wildman–Crippen LogP) is 1.09. The van der Waals surface area contributed by atoms with Crippen LogP contribution in [-0.2, 0) is 19.6 Å². The fourth-order valence-corrected chi connectivity index (χ4v) is 4.22. The molecule has 0 spiro atoms. The standard InChI is InChI=1S/C13H24N2O4S2/c1-3-19-11(16)6-9-21(17,18)15-13(12(14)20)7-4-10(2)5-8-13/h10,15H,3-9H2,1-2H3,(H2,14,20). The zero-order valence-corrected chi connectivity index (χ0v) is 14.2. The number of esters is 1. The zero-order valence-electron chi connectivity index (χ0n) is 12.6.